The second kappa shape index (κ2) is 14.4. The van der Waals surface area contributed by atoms with Crippen molar-refractivity contribution in [3.8, 4) is 5.75 Å². The summed E-state index contributed by atoms with van der Waals surface area (Å²) in [5, 5.41) is 2.90. The standard InChI is InChI=1S/C31H39N3O5S2/c1-7-29(31(36)32-22(2)3)33(20-24-9-8-10-26(19-24)39-5)30(35)21-34(25-13-11-23(4)12-14-25)41(37,38)28-17-15-27(40-6)16-18-28/h8-19,22,29H,7,20-21H2,1-6H3,(H,32,36)/t29-/m1/s1. The predicted octanol–water partition coefficient (Wildman–Crippen LogP) is 5.25. The summed E-state index contributed by atoms with van der Waals surface area (Å²) in [5.74, 6) is -0.174. The maximum Gasteiger partial charge on any atom is 0.264 e. The van der Waals surface area contributed by atoms with E-state index in [1.807, 2.05) is 46.1 Å². The molecule has 0 radical (unpaired) electrons. The van der Waals surface area contributed by atoms with Gasteiger partial charge in [0.2, 0.25) is 11.8 Å². The van der Waals surface area contributed by atoms with Crippen molar-refractivity contribution in [2.24, 2.45) is 0 Å². The number of carbonyl (C=O) groups is 2. The van der Waals surface area contributed by atoms with Crippen molar-refractivity contribution in [3.05, 3.63) is 83.9 Å². The molecule has 0 saturated carbocycles. The number of anilines is 1. The molecular formula is C31H39N3O5S2. The summed E-state index contributed by atoms with van der Waals surface area (Å²) >= 11 is 1.51. The lowest BCUT2D eigenvalue weighted by atomic mass is 10.1. The van der Waals surface area contributed by atoms with Crippen molar-refractivity contribution >= 4 is 39.3 Å². The van der Waals surface area contributed by atoms with E-state index < -0.39 is 28.5 Å². The van der Waals surface area contributed by atoms with Crippen LogP contribution >= 0.6 is 11.8 Å². The summed E-state index contributed by atoms with van der Waals surface area (Å²) in [6.45, 7) is 7.07. The van der Waals surface area contributed by atoms with Crippen LogP contribution in [-0.2, 0) is 26.2 Å². The topological polar surface area (TPSA) is 96.0 Å². The first-order valence-corrected chi connectivity index (χ1v) is 16.1. The number of aryl methyl sites for hydroxylation is 1. The van der Waals surface area contributed by atoms with Crippen molar-refractivity contribution in [1.82, 2.24) is 10.2 Å². The molecule has 0 saturated heterocycles. The first kappa shape index (κ1) is 32.0. The van der Waals surface area contributed by atoms with Crippen molar-refractivity contribution < 1.29 is 22.7 Å². The van der Waals surface area contributed by atoms with E-state index in [1.165, 1.54) is 16.7 Å². The van der Waals surface area contributed by atoms with Gasteiger partial charge in [0.05, 0.1) is 17.7 Å². The van der Waals surface area contributed by atoms with E-state index in [2.05, 4.69) is 5.32 Å². The molecule has 8 nitrogen and oxygen atoms in total. The molecule has 0 aromatic heterocycles. The molecule has 0 fully saturated rings. The quantitative estimate of drug-likeness (QED) is 0.270. The fraction of sp³-hybridized carbons (Fsp3) is 0.355. The van der Waals surface area contributed by atoms with E-state index in [4.69, 9.17) is 4.74 Å². The Morgan fingerprint density at radius 1 is 1.00 bits per heavy atom. The zero-order valence-electron chi connectivity index (χ0n) is 24.5. The first-order chi connectivity index (χ1) is 19.5. The van der Waals surface area contributed by atoms with Crippen LogP contribution in [-0.4, -0.2) is 57.1 Å². The molecule has 0 unspecified atom stereocenters. The number of nitrogens with one attached hydrogen (secondary N) is 1. The zero-order chi connectivity index (χ0) is 30.2. The third-order valence-electron chi connectivity index (χ3n) is 6.55. The summed E-state index contributed by atoms with van der Waals surface area (Å²) < 4.78 is 34.5. The van der Waals surface area contributed by atoms with E-state index >= 15 is 0 Å². The molecule has 3 aromatic carbocycles. The van der Waals surface area contributed by atoms with Gasteiger partial charge in [-0.15, -0.1) is 11.8 Å². The Balaban J connectivity index is 2.06. The lowest BCUT2D eigenvalue weighted by molar-refractivity contribution is -0.140. The maximum atomic E-state index is 14.1. The summed E-state index contributed by atoms with van der Waals surface area (Å²) in [4.78, 5) is 29.8. The lowest BCUT2D eigenvalue weighted by Crippen LogP contribution is -2.53. The van der Waals surface area contributed by atoms with E-state index in [1.54, 1.807) is 67.8 Å². The summed E-state index contributed by atoms with van der Waals surface area (Å²) in [7, 11) is -2.56. The molecule has 0 aliphatic heterocycles. The Morgan fingerprint density at radius 3 is 2.22 bits per heavy atom. The summed E-state index contributed by atoms with van der Waals surface area (Å²) in [5.41, 5.74) is 2.07. The Morgan fingerprint density at radius 2 is 1.66 bits per heavy atom. The number of thioether (sulfide) groups is 1. The van der Waals surface area contributed by atoms with E-state index in [0.717, 1.165) is 20.3 Å². The fourth-order valence-electron chi connectivity index (χ4n) is 4.38. The molecule has 41 heavy (non-hydrogen) atoms. The molecular weight excluding hydrogens is 558 g/mol. The fourth-order valence-corrected chi connectivity index (χ4v) is 6.20. The molecule has 0 heterocycles. The number of carbonyl (C=O) groups excluding carboxylic acids is 2. The van der Waals surface area contributed by atoms with E-state index in [9.17, 15) is 18.0 Å². The minimum atomic E-state index is -4.12. The Kier molecular flexibility index (Phi) is 11.3. The maximum absolute atomic E-state index is 14.1. The Bertz CT molecular complexity index is 1420. The van der Waals surface area contributed by atoms with Crippen molar-refractivity contribution in [2.75, 3.05) is 24.2 Å². The van der Waals surface area contributed by atoms with Gasteiger partial charge in [-0.2, -0.15) is 0 Å². The number of hydrogen-bond acceptors (Lipinski definition) is 6. The molecule has 0 aliphatic carbocycles. The molecule has 1 N–H and O–H groups in total. The number of rotatable bonds is 13. The number of nitrogens with zero attached hydrogens (tertiary/aromatic N) is 2. The monoisotopic (exact) mass is 597 g/mol. The molecule has 2 amide bonds. The average molecular weight is 598 g/mol. The molecule has 0 bridgehead atoms. The molecule has 220 valence electrons. The number of benzene rings is 3. The van der Waals surface area contributed by atoms with Crippen LogP contribution in [0.1, 0.15) is 38.3 Å². The van der Waals surface area contributed by atoms with Crippen LogP contribution in [0.2, 0.25) is 0 Å². The van der Waals surface area contributed by atoms with Gasteiger partial charge in [-0.05, 0) is 87.5 Å². The van der Waals surface area contributed by atoms with Crippen LogP contribution < -0.4 is 14.4 Å². The lowest BCUT2D eigenvalue weighted by Gasteiger charge is -2.33. The van der Waals surface area contributed by atoms with Crippen LogP contribution in [0, 0.1) is 6.92 Å². The highest BCUT2D eigenvalue weighted by atomic mass is 32.2. The third-order valence-corrected chi connectivity index (χ3v) is 9.08. The smallest absolute Gasteiger partial charge is 0.264 e. The molecule has 1 atom stereocenters. The van der Waals surface area contributed by atoms with Gasteiger partial charge in [0.15, 0.2) is 0 Å². The van der Waals surface area contributed by atoms with Gasteiger partial charge >= 0.3 is 0 Å². The van der Waals surface area contributed by atoms with Gasteiger partial charge in [-0.3, -0.25) is 13.9 Å². The Labute approximate surface area is 248 Å². The largest absolute Gasteiger partial charge is 0.497 e. The van der Waals surface area contributed by atoms with Gasteiger partial charge in [0, 0.05) is 17.5 Å². The highest BCUT2D eigenvalue weighted by molar-refractivity contribution is 7.98. The minimum Gasteiger partial charge on any atom is -0.497 e. The van der Waals surface area contributed by atoms with Crippen LogP contribution in [0.4, 0.5) is 5.69 Å². The number of methoxy groups -OCH3 is 1. The van der Waals surface area contributed by atoms with E-state index in [0.29, 0.717) is 17.9 Å². The molecule has 0 aliphatic rings. The van der Waals surface area contributed by atoms with Gasteiger partial charge in [0.1, 0.15) is 18.3 Å². The van der Waals surface area contributed by atoms with Gasteiger partial charge < -0.3 is 15.0 Å². The van der Waals surface area contributed by atoms with Crippen molar-refractivity contribution in [2.45, 2.75) is 62.5 Å². The number of amides is 2. The molecule has 0 spiro atoms. The van der Waals surface area contributed by atoms with Gasteiger partial charge in [-0.1, -0.05) is 36.8 Å². The number of ether oxygens (including phenoxy) is 1. The predicted molar refractivity (Wildman–Crippen MR) is 165 cm³/mol. The SMILES string of the molecule is CC[C@H](C(=O)NC(C)C)N(Cc1cccc(OC)c1)C(=O)CN(c1ccc(C)cc1)S(=O)(=O)c1ccc(SC)cc1. The van der Waals surface area contributed by atoms with Gasteiger partial charge in [0.25, 0.3) is 10.0 Å². The molecule has 3 aromatic rings. The van der Waals surface area contributed by atoms with Gasteiger partial charge in [-0.25, -0.2) is 8.42 Å². The molecule has 10 heteroatoms. The highest BCUT2D eigenvalue weighted by Crippen LogP contribution is 2.27. The summed E-state index contributed by atoms with van der Waals surface area (Å²) in [6.07, 6.45) is 2.26. The minimum absolute atomic E-state index is 0.0765. The van der Waals surface area contributed by atoms with Crippen LogP contribution in [0.25, 0.3) is 0 Å². The number of sulfonamides is 1. The van der Waals surface area contributed by atoms with Crippen LogP contribution in [0.5, 0.6) is 5.75 Å². The second-order valence-electron chi connectivity index (χ2n) is 9.98. The third kappa shape index (κ3) is 8.27. The first-order valence-electron chi connectivity index (χ1n) is 13.5. The second-order valence-corrected chi connectivity index (χ2v) is 12.7. The van der Waals surface area contributed by atoms with Crippen molar-refractivity contribution in [1.29, 1.82) is 0 Å². The normalized spacial score (nSPS) is 12.1. The van der Waals surface area contributed by atoms with Crippen LogP contribution in [0.15, 0.2) is 82.6 Å². The average Bonchev–Trinajstić information content (AvgIpc) is 2.96. The van der Waals surface area contributed by atoms with Crippen LogP contribution in [0.3, 0.4) is 0 Å². The summed E-state index contributed by atoms with van der Waals surface area (Å²) in [6, 6.07) is 19.9. The van der Waals surface area contributed by atoms with E-state index in [-0.39, 0.29) is 23.4 Å². The Hall–Kier alpha value is -3.50. The number of hydrogen-bond donors (Lipinski definition) is 1. The van der Waals surface area contributed by atoms with Crippen molar-refractivity contribution in [3.63, 3.8) is 0 Å². The highest BCUT2D eigenvalue weighted by Gasteiger charge is 2.34. The zero-order valence-corrected chi connectivity index (χ0v) is 26.1. The molecule has 3 rings (SSSR count).